The first-order chi connectivity index (χ1) is 13.8. The maximum atomic E-state index is 13.2. The zero-order chi connectivity index (χ0) is 27.7. The van der Waals surface area contributed by atoms with E-state index in [-0.39, 0.29) is 0 Å². The number of carbonyl (C=O) groups excluding carboxylic acids is 1. The molecule has 0 aliphatic heterocycles. The van der Waals surface area contributed by atoms with Gasteiger partial charge in [-0.25, -0.2) is 0 Å². The van der Waals surface area contributed by atoms with Crippen molar-refractivity contribution in [3.05, 3.63) is 0 Å². The number of hydrogen-bond donors (Lipinski definition) is 0. The second-order valence-electron chi connectivity index (χ2n) is 5.77. The van der Waals surface area contributed by atoms with Crippen molar-refractivity contribution in [1.82, 2.24) is 0 Å². The van der Waals surface area contributed by atoms with E-state index in [4.69, 9.17) is 0 Å². The van der Waals surface area contributed by atoms with Gasteiger partial charge in [0.25, 0.3) is 6.29 Å². The maximum absolute atomic E-state index is 13.2. The van der Waals surface area contributed by atoms with E-state index in [1.54, 1.807) is 0 Å². The van der Waals surface area contributed by atoms with E-state index < -0.39 is 65.8 Å². The van der Waals surface area contributed by atoms with Crippen LogP contribution in [0, 0.1) is 0 Å². The van der Waals surface area contributed by atoms with Crippen LogP contribution in [-0.4, -0.2) is 65.8 Å². The Labute approximate surface area is 164 Å². The fourth-order valence-corrected chi connectivity index (χ4v) is 1.62. The first-order valence-electron chi connectivity index (χ1n) is 6.67. The normalized spacial score (nSPS) is 16.8. The SMILES string of the molecule is O=[C]C(F)(F)C(F)(F)C(F)(F)C(F)(F)C(F)(F)C(F)(F)C(F)(F)C(F)(F)C(F)(F)C(F)(F)F. The molecule has 0 aromatic heterocycles. The van der Waals surface area contributed by atoms with Crippen LogP contribution in [0.15, 0.2) is 0 Å². The first-order valence-corrected chi connectivity index (χ1v) is 6.67. The molecule has 0 rings (SSSR count). The molecule has 0 aromatic carbocycles. The van der Waals surface area contributed by atoms with E-state index in [9.17, 15) is 97.0 Å². The summed E-state index contributed by atoms with van der Waals surface area (Å²) in [6, 6.07) is 0. The summed E-state index contributed by atoms with van der Waals surface area (Å²) in [5.41, 5.74) is 0. The third kappa shape index (κ3) is 3.55. The summed E-state index contributed by atoms with van der Waals surface area (Å²) in [4.78, 5) is 9.51. The van der Waals surface area contributed by atoms with Crippen molar-refractivity contribution < 1.29 is 97.0 Å². The largest absolute Gasteiger partial charge is 0.460 e. The molecule has 0 spiro atoms. The van der Waals surface area contributed by atoms with Crippen LogP contribution in [0.3, 0.4) is 0 Å². The minimum Gasteiger partial charge on any atom is -0.283 e. The van der Waals surface area contributed by atoms with Gasteiger partial charge in [0.2, 0.25) is 0 Å². The van der Waals surface area contributed by atoms with Crippen molar-refractivity contribution in [3.8, 4) is 0 Å². The lowest BCUT2D eigenvalue weighted by atomic mass is 9.86. The molecular weight excluding hydrogens is 547 g/mol. The number of rotatable bonds is 9. The zero-order valence-electron chi connectivity index (χ0n) is 13.8. The average molecular weight is 547 g/mol. The van der Waals surface area contributed by atoms with Gasteiger partial charge in [0.1, 0.15) is 0 Å². The van der Waals surface area contributed by atoms with Gasteiger partial charge < -0.3 is 0 Å². The van der Waals surface area contributed by atoms with E-state index in [1.807, 2.05) is 0 Å². The molecule has 1 radical (unpaired) electrons. The quantitative estimate of drug-likeness (QED) is 0.307. The Morgan fingerprint density at radius 1 is 0.303 bits per heavy atom. The smallest absolute Gasteiger partial charge is 0.283 e. The summed E-state index contributed by atoms with van der Waals surface area (Å²) in [5.74, 6) is -78.3. The maximum Gasteiger partial charge on any atom is 0.460 e. The molecule has 0 saturated heterocycles. The lowest BCUT2D eigenvalue weighted by molar-refractivity contribution is -0.472. The number of alkyl halides is 21. The van der Waals surface area contributed by atoms with Crippen LogP contribution in [0.4, 0.5) is 92.2 Å². The van der Waals surface area contributed by atoms with Crippen LogP contribution in [0.25, 0.3) is 0 Å². The summed E-state index contributed by atoms with van der Waals surface area (Å²) < 4.78 is 268. The van der Waals surface area contributed by atoms with Crippen LogP contribution >= 0.6 is 0 Å². The van der Waals surface area contributed by atoms with E-state index in [2.05, 4.69) is 0 Å². The van der Waals surface area contributed by atoms with Crippen LogP contribution in [0.1, 0.15) is 0 Å². The Morgan fingerprint density at radius 3 is 0.667 bits per heavy atom. The highest BCUT2D eigenvalue weighted by Crippen LogP contribution is 2.66. The molecule has 0 unspecified atom stereocenters. The first kappa shape index (κ1) is 31.2. The summed E-state index contributed by atoms with van der Waals surface area (Å²) >= 11 is 0. The summed E-state index contributed by atoms with van der Waals surface area (Å²) in [5, 5.41) is 0. The molecule has 33 heavy (non-hydrogen) atoms. The van der Waals surface area contributed by atoms with Crippen molar-refractivity contribution in [1.29, 1.82) is 0 Å². The van der Waals surface area contributed by atoms with Crippen LogP contribution in [-0.2, 0) is 4.79 Å². The molecule has 0 bridgehead atoms. The minimum absolute atomic E-state index is 1.43. The van der Waals surface area contributed by atoms with Gasteiger partial charge in [-0.1, -0.05) is 0 Å². The van der Waals surface area contributed by atoms with Gasteiger partial charge >= 0.3 is 59.5 Å². The molecular formula is C11F21O. The van der Waals surface area contributed by atoms with Crippen molar-refractivity contribution in [3.63, 3.8) is 0 Å². The summed E-state index contributed by atoms with van der Waals surface area (Å²) in [7, 11) is 0. The predicted molar refractivity (Wildman–Crippen MR) is 56.3 cm³/mol. The zero-order valence-corrected chi connectivity index (χ0v) is 13.8. The predicted octanol–water partition coefficient (Wildman–Crippen LogP) is 6.38. The van der Waals surface area contributed by atoms with Gasteiger partial charge in [-0.3, -0.25) is 4.79 Å². The third-order valence-corrected chi connectivity index (χ3v) is 3.64. The van der Waals surface area contributed by atoms with Crippen LogP contribution in [0.2, 0.25) is 0 Å². The lowest BCUT2D eigenvalue weighted by Crippen LogP contribution is -2.76. The van der Waals surface area contributed by atoms with E-state index in [1.165, 1.54) is 0 Å². The molecule has 0 atom stereocenters. The minimum atomic E-state index is -9.22. The second-order valence-corrected chi connectivity index (χ2v) is 5.77. The Balaban J connectivity index is 7.06. The van der Waals surface area contributed by atoms with E-state index in [0.717, 1.165) is 0 Å². The Morgan fingerprint density at radius 2 is 0.485 bits per heavy atom. The van der Waals surface area contributed by atoms with Gasteiger partial charge in [-0.2, -0.15) is 92.2 Å². The van der Waals surface area contributed by atoms with Crippen molar-refractivity contribution in [2.24, 2.45) is 0 Å². The van der Waals surface area contributed by atoms with E-state index in [0.29, 0.717) is 0 Å². The van der Waals surface area contributed by atoms with Crippen molar-refractivity contribution in [2.75, 3.05) is 0 Å². The molecule has 197 valence electrons. The summed E-state index contributed by atoms with van der Waals surface area (Å²) in [6.45, 7) is 0. The highest BCUT2D eigenvalue weighted by Gasteiger charge is 2.97. The molecule has 22 heteroatoms. The Bertz CT molecular complexity index is 742. The number of halogens is 21. The molecule has 0 fully saturated rings. The van der Waals surface area contributed by atoms with Crippen LogP contribution < -0.4 is 0 Å². The van der Waals surface area contributed by atoms with E-state index >= 15 is 0 Å². The van der Waals surface area contributed by atoms with Gasteiger partial charge in [-0.15, -0.1) is 0 Å². The monoisotopic (exact) mass is 547 g/mol. The molecule has 0 amide bonds. The molecule has 0 saturated carbocycles. The molecule has 0 aliphatic rings. The van der Waals surface area contributed by atoms with Crippen LogP contribution in [0.5, 0.6) is 0 Å². The summed E-state index contributed by atoms with van der Waals surface area (Å²) in [6.07, 6.45) is -9.45. The highest BCUT2D eigenvalue weighted by atomic mass is 19.4. The standard InChI is InChI=1S/C11F21O/c12-2(13,1-33)3(14,15)4(16,17)5(18,19)6(20,21)7(22,23)8(24,25)9(26,27)10(28,29)11(30,31)32. The van der Waals surface area contributed by atoms with Gasteiger partial charge in [-0.05, 0) is 0 Å². The molecule has 0 N–H and O–H groups in total. The highest BCUT2D eigenvalue weighted by molar-refractivity contribution is 5.63. The number of hydrogen-bond acceptors (Lipinski definition) is 1. The fraction of sp³-hybridized carbons (Fsp3) is 0.909. The molecule has 1 nitrogen and oxygen atoms in total. The average Bonchev–Trinajstić information content (AvgIpc) is 2.59. The lowest BCUT2D eigenvalue weighted by Gasteiger charge is -2.44. The second kappa shape index (κ2) is 7.35. The van der Waals surface area contributed by atoms with Crippen molar-refractivity contribution in [2.45, 2.75) is 59.5 Å². The molecule has 0 aliphatic carbocycles. The van der Waals surface area contributed by atoms with Gasteiger partial charge in [0.15, 0.2) is 0 Å². The molecule has 0 heterocycles. The molecule has 0 aromatic rings. The third-order valence-electron chi connectivity index (χ3n) is 3.64. The topological polar surface area (TPSA) is 17.1 Å². The Kier molecular flexibility index (Phi) is 6.95. The van der Waals surface area contributed by atoms with Crippen molar-refractivity contribution >= 4 is 6.29 Å². The fourth-order valence-electron chi connectivity index (χ4n) is 1.62. The Hall–Kier alpha value is -1.80. The van der Waals surface area contributed by atoms with Gasteiger partial charge in [0, 0.05) is 0 Å². The van der Waals surface area contributed by atoms with Gasteiger partial charge in [0.05, 0.1) is 0 Å².